The predicted octanol–water partition coefficient (Wildman–Crippen LogP) is 17.4. The number of alkyl halides is 4. The van der Waals surface area contributed by atoms with Crippen LogP contribution in [0.25, 0.3) is 0 Å². The first kappa shape index (κ1) is 71.6. The molecule has 2 heterocycles. The van der Waals surface area contributed by atoms with Gasteiger partial charge in [0.15, 0.2) is 29.4 Å². The first-order valence-electron chi connectivity index (χ1n) is 28.0. The number of carbonyl (C=O) groups excluding carboxylic acids is 4. The molecule has 6 unspecified atom stereocenters. The molecule has 2 aliphatic heterocycles. The molecule has 0 amide bonds. The van der Waals surface area contributed by atoms with Gasteiger partial charge in [0.05, 0.1) is 34.3 Å². The van der Waals surface area contributed by atoms with Crippen LogP contribution in [0.15, 0.2) is 211 Å². The first-order chi connectivity index (χ1) is 38.7. The highest BCUT2D eigenvalue weighted by Gasteiger charge is 2.63. The fourth-order valence-corrected chi connectivity index (χ4v) is 12.5. The Hall–Kier alpha value is -6.38. The third kappa shape index (κ3) is 21.9. The van der Waals surface area contributed by atoms with Crippen LogP contribution in [0.2, 0.25) is 0 Å². The second-order valence-corrected chi connectivity index (χ2v) is 20.4. The van der Waals surface area contributed by atoms with Crippen molar-refractivity contribution in [2.24, 2.45) is 17.8 Å². The van der Waals surface area contributed by atoms with Crippen LogP contribution in [0.4, 0.5) is 17.6 Å². The van der Waals surface area contributed by atoms with Crippen molar-refractivity contribution < 1.29 is 55.7 Å². The van der Waals surface area contributed by atoms with Gasteiger partial charge in [0.1, 0.15) is 12.2 Å². The molecule has 2 saturated heterocycles. The smallest absolute Gasteiger partial charge is 0.377 e. The molecular weight excluding hydrogens is 1060 g/mol. The van der Waals surface area contributed by atoms with Crippen LogP contribution in [-0.2, 0) is 59.9 Å². The minimum atomic E-state index is -3.57. The molecule has 6 atom stereocenters. The van der Waals surface area contributed by atoms with E-state index in [0.29, 0.717) is 20.3 Å². The summed E-state index contributed by atoms with van der Waals surface area (Å²) in [7, 11) is -0.0293. The maximum atomic E-state index is 12.7. The Morgan fingerprint density at radius 2 is 0.738 bits per heavy atom. The number of hydrogen-bond acceptors (Lipinski definition) is 8. The molecule has 436 valence electrons. The molecule has 6 aromatic rings. The van der Waals surface area contributed by atoms with E-state index in [9.17, 15) is 36.7 Å². The van der Waals surface area contributed by atoms with Crippen LogP contribution in [-0.4, -0.2) is 60.6 Å². The van der Waals surface area contributed by atoms with E-state index in [2.05, 4.69) is 191 Å². The van der Waals surface area contributed by atoms with Gasteiger partial charge < -0.3 is 18.9 Å². The zero-order valence-corrected chi connectivity index (χ0v) is 50.8. The highest BCUT2D eigenvalue weighted by atomic mass is 32.2. The van der Waals surface area contributed by atoms with Crippen LogP contribution >= 0.6 is 0 Å². The van der Waals surface area contributed by atoms with E-state index in [1.165, 1.54) is 29.4 Å². The zero-order valence-electron chi connectivity index (χ0n) is 49.2. The largest absolute Gasteiger partial charge is 0.463 e. The van der Waals surface area contributed by atoms with Gasteiger partial charge in [-0.3, -0.25) is 4.79 Å². The monoisotopic (exact) mass is 1150 g/mol. The average molecular weight is 1150 g/mol. The van der Waals surface area contributed by atoms with Gasteiger partial charge in [-0.2, -0.15) is 17.6 Å². The van der Waals surface area contributed by atoms with E-state index < -0.39 is 48.1 Å². The Morgan fingerprint density at radius 3 is 1.00 bits per heavy atom. The summed E-state index contributed by atoms with van der Waals surface area (Å²) in [6.07, 6.45) is -0.890. The Morgan fingerprint density at radius 1 is 0.450 bits per heavy atom. The first-order valence-corrected chi connectivity index (χ1v) is 30.5. The summed E-state index contributed by atoms with van der Waals surface area (Å²) in [4.78, 5) is 52.0. The molecular formula is C66H86F4O8S2+2. The van der Waals surface area contributed by atoms with Gasteiger partial charge in [-0.05, 0) is 85.6 Å². The number of halogens is 4. The van der Waals surface area contributed by atoms with Crippen LogP contribution in [0, 0.1) is 17.8 Å². The number of hydrogen-bond donors (Lipinski definition) is 0. The van der Waals surface area contributed by atoms with E-state index in [1.54, 1.807) is 0 Å². The minimum absolute atomic E-state index is 0.00671. The van der Waals surface area contributed by atoms with Gasteiger partial charge >= 0.3 is 35.7 Å². The van der Waals surface area contributed by atoms with E-state index in [4.69, 9.17) is 9.47 Å². The summed E-state index contributed by atoms with van der Waals surface area (Å²) >= 11 is 0. The van der Waals surface area contributed by atoms with Crippen molar-refractivity contribution in [1.82, 2.24) is 0 Å². The maximum Gasteiger partial charge on any atom is 0.377 e. The van der Waals surface area contributed by atoms with E-state index in [1.807, 2.05) is 83.1 Å². The second kappa shape index (κ2) is 39.1. The van der Waals surface area contributed by atoms with E-state index >= 15 is 0 Å². The number of esters is 4. The molecule has 6 aromatic carbocycles. The van der Waals surface area contributed by atoms with Crippen LogP contribution in [0.3, 0.4) is 0 Å². The third-order valence-corrected chi connectivity index (χ3v) is 15.8. The van der Waals surface area contributed by atoms with Gasteiger partial charge in [-0.25, -0.2) is 14.4 Å². The Kier molecular flexibility index (Phi) is 35.0. The van der Waals surface area contributed by atoms with Gasteiger partial charge in [0.25, 0.3) is 0 Å². The maximum absolute atomic E-state index is 12.7. The van der Waals surface area contributed by atoms with Crippen molar-refractivity contribution >= 4 is 45.7 Å². The number of benzene rings is 6. The van der Waals surface area contributed by atoms with Gasteiger partial charge in [-0.1, -0.05) is 192 Å². The number of fused-ring (bicyclic) bond motifs is 1. The number of cyclic esters (lactones) is 1. The number of rotatable bonds is 10. The molecule has 10 rings (SSSR count). The lowest BCUT2D eigenvalue weighted by Gasteiger charge is -2.26. The number of ether oxygens (including phenoxy) is 4. The van der Waals surface area contributed by atoms with Crippen molar-refractivity contribution in [3.8, 4) is 0 Å². The molecule has 2 saturated carbocycles. The molecule has 2 bridgehead atoms. The summed E-state index contributed by atoms with van der Waals surface area (Å²) in [5.74, 6) is -11.4. The molecule has 0 aromatic heterocycles. The molecule has 4 fully saturated rings. The molecule has 0 radical (unpaired) electrons. The van der Waals surface area contributed by atoms with Crippen molar-refractivity contribution in [3.05, 3.63) is 182 Å². The molecule has 4 aliphatic rings. The van der Waals surface area contributed by atoms with E-state index in [0.717, 1.165) is 6.42 Å². The molecule has 2 aliphatic carbocycles. The van der Waals surface area contributed by atoms with Gasteiger partial charge in [0, 0.05) is 32.1 Å². The summed E-state index contributed by atoms with van der Waals surface area (Å²) < 4.78 is 68.6. The molecule has 0 N–H and O–H groups in total. The van der Waals surface area contributed by atoms with Crippen LogP contribution in [0.5, 0.6) is 0 Å². The molecule has 0 spiro atoms. The standard InChI is InChI=1S/2C18H15S.C11H12F2O4.C7H8F2O4.6C2H6/c2*1-4-10-16(11-5-1)19(17-12-6-2-7-13-17)18-14-8-3-9-15-18;1-11(12,13)10(15)17-7-4-2-5-6(3-4)9(14)16-8(5)7;1-7(8,9)6(11)13-4-2-3-12-5(4)10;6*1-2/h2*1-15H;4-8H,2-3H2,1H3;4H,2-3H2,1H3;6*1-2H3/q2*+1;;;;;;;;. The molecule has 80 heavy (non-hydrogen) atoms. The van der Waals surface area contributed by atoms with Crippen molar-refractivity contribution in [3.63, 3.8) is 0 Å². The Balaban J connectivity index is 0.000000504. The van der Waals surface area contributed by atoms with Crippen LogP contribution in [0.1, 0.15) is 116 Å². The topological polar surface area (TPSA) is 105 Å². The Bertz CT molecular complexity index is 2270. The van der Waals surface area contributed by atoms with Gasteiger partial charge in [-0.15, -0.1) is 0 Å². The quantitative estimate of drug-likeness (QED) is 0.0578. The van der Waals surface area contributed by atoms with Gasteiger partial charge in [0.2, 0.25) is 6.10 Å². The average Bonchev–Trinajstić information content (AvgIpc) is 4.33. The molecule has 8 nitrogen and oxygen atoms in total. The summed E-state index contributed by atoms with van der Waals surface area (Å²) in [6.45, 7) is 25.0. The SMILES string of the molecule is CC.CC.CC.CC.CC.CC.CC(F)(F)C(=O)OC1C2CC3C(=O)OC1C3C2.CC(F)(F)C(=O)OC1CCOC1=O.c1ccc([S+](c2ccccc2)c2ccccc2)cc1.c1ccc([S+](c2ccccc2)c2ccccc2)cc1. The van der Waals surface area contributed by atoms with Crippen molar-refractivity contribution in [2.75, 3.05) is 6.61 Å². The van der Waals surface area contributed by atoms with Crippen molar-refractivity contribution in [2.45, 2.75) is 176 Å². The molecule has 14 heteroatoms. The summed E-state index contributed by atoms with van der Waals surface area (Å²) in [6, 6.07) is 64.3. The predicted molar refractivity (Wildman–Crippen MR) is 317 cm³/mol. The lowest BCUT2D eigenvalue weighted by Crippen LogP contribution is -2.40. The van der Waals surface area contributed by atoms with Crippen LogP contribution < -0.4 is 0 Å². The third-order valence-electron chi connectivity index (χ3n) is 11.4. The fourth-order valence-electron chi connectivity index (χ4n) is 8.26. The zero-order chi connectivity index (χ0) is 60.3. The lowest BCUT2D eigenvalue weighted by molar-refractivity contribution is -0.183. The summed E-state index contributed by atoms with van der Waals surface area (Å²) in [5, 5.41) is 0. The number of carbonyl (C=O) groups is 4. The second-order valence-electron chi connectivity index (χ2n) is 16.4. The summed E-state index contributed by atoms with van der Waals surface area (Å²) in [5.41, 5.74) is 0. The fraction of sp³-hybridized carbons (Fsp3) is 0.394. The highest BCUT2D eigenvalue weighted by molar-refractivity contribution is 7.97. The Labute approximate surface area is 481 Å². The highest BCUT2D eigenvalue weighted by Crippen LogP contribution is 2.55. The normalized spacial score (nSPS) is 18.2. The lowest BCUT2D eigenvalue weighted by atomic mass is 9.88. The van der Waals surface area contributed by atoms with Crippen molar-refractivity contribution in [1.29, 1.82) is 0 Å². The minimum Gasteiger partial charge on any atom is -0.463 e. The van der Waals surface area contributed by atoms with E-state index in [-0.39, 0.29) is 58.5 Å².